The van der Waals surface area contributed by atoms with E-state index in [1.807, 2.05) is 0 Å². The van der Waals surface area contributed by atoms with E-state index in [1.54, 1.807) is 0 Å². The lowest BCUT2D eigenvalue weighted by molar-refractivity contribution is -0.870. The molecule has 0 rings (SSSR count). The molecule has 0 unspecified atom stereocenters. The summed E-state index contributed by atoms with van der Waals surface area (Å²) < 4.78 is 0.844. The minimum absolute atomic E-state index is 0.281. The predicted octanol–water partition coefficient (Wildman–Crippen LogP) is -2.59. The van der Waals surface area contributed by atoms with Crippen LogP contribution in [-0.4, -0.2) is 61.6 Å². The second kappa shape index (κ2) is 7.02. The number of nitrogens with zero attached hydrogens (tertiary/aromatic N) is 1. The minimum atomic E-state index is -1.44. The standard InChI is InChI=1S/C5H14NO.C2H4O3/c1-6(2,3)4-5-7;3-1-2(4)5/h7H,4-5H2,1-3H3;3H,1H2,(H,4,5)/q+1;/p-1. The van der Waals surface area contributed by atoms with E-state index in [2.05, 4.69) is 21.1 Å². The number of quaternary nitrogens is 1. The van der Waals surface area contributed by atoms with Gasteiger partial charge in [-0.05, 0) is 0 Å². The highest BCUT2D eigenvalue weighted by atomic mass is 16.4. The molecule has 5 heteroatoms. The third-order valence-corrected chi connectivity index (χ3v) is 0.900. The van der Waals surface area contributed by atoms with Gasteiger partial charge in [-0.15, -0.1) is 0 Å². The van der Waals surface area contributed by atoms with Crippen molar-refractivity contribution >= 4 is 5.97 Å². The molecule has 0 aliphatic heterocycles. The predicted molar refractivity (Wildman–Crippen MR) is 42.1 cm³/mol. The SMILES string of the molecule is C[N+](C)(C)CCO.O=C([O-])CO. The van der Waals surface area contributed by atoms with Crippen LogP contribution in [0.3, 0.4) is 0 Å². The Morgan fingerprint density at radius 1 is 1.33 bits per heavy atom. The highest BCUT2D eigenvalue weighted by molar-refractivity contribution is 5.65. The lowest BCUT2D eigenvalue weighted by Crippen LogP contribution is -2.36. The number of aliphatic carboxylic acids is 1. The first-order chi connectivity index (χ1) is 5.33. The Morgan fingerprint density at radius 3 is 1.67 bits per heavy atom. The van der Waals surface area contributed by atoms with Crippen molar-refractivity contribution in [2.24, 2.45) is 0 Å². The second-order valence-electron chi connectivity index (χ2n) is 3.27. The fraction of sp³-hybridized carbons (Fsp3) is 0.857. The highest BCUT2D eigenvalue weighted by Crippen LogP contribution is 1.84. The van der Waals surface area contributed by atoms with Crippen molar-refractivity contribution in [3.8, 4) is 0 Å². The van der Waals surface area contributed by atoms with Crippen molar-refractivity contribution in [1.82, 2.24) is 0 Å². The molecule has 0 radical (unpaired) electrons. The lowest BCUT2D eigenvalue weighted by atomic mass is 10.5. The molecule has 0 fully saturated rings. The fourth-order valence-electron chi connectivity index (χ4n) is 0.300. The van der Waals surface area contributed by atoms with E-state index in [9.17, 15) is 0 Å². The number of hydrogen-bond donors (Lipinski definition) is 2. The fourth-order valence-corrected chi connectivity index (χ4v) is 0.300. The van der Waals surface area contributed by atoms with Crippen LogP contribution in [0.4, 0.5) is 0 Å². The molecule has 12 heavy (non-hydrogen) atoms. The van der Waals surface area contributed by atoms with E-state index in [0.29, 0.717) is 0 Å². The van der Waals surface area contributed by atoms with Gasteiger partial charge in [0.2, 0.25) is 0 Å². The molecule has 5 nitrogen and oxygen atoms in total. The summed E-state index contributed by atoms with van der Waals surface area (Å²) in [6.45, 7) is 0.226. The molecule has 0 aromatic carbocycles. The van der Waals surface area contributed by atoms with Gasteiger partial charge in [0.1, 0.15) is 6.54 Å². The molecule has 0 saturated heterocycles. The van der Waals surface area contributed by atoms with Gasteiger partial charge in [0.25, 0.3) is 0 Å². The lowest BCUT2D eigenvalue weighted by Gasteiger charge is -2.21. The normalized spacial score (nSPS) is 10.1. The van der Waals surface area contributed by atoms with E-state index in [1.165, 1.54) is 0 Å². The zero-order chi connectivity index (χ0) is 10.2. The molecule has 74 valence electrons. The van der Waals surface area contributed by atoms with E-state index in [-0.39, 0.29) is 6.61 Å². The van der Waals surface area contributed by atoms with Crippen molar-refractivity contribution in [2.45, 2.75) is 0 Å². The summed E-state index contributed by atoms with van der Waals surface area (Å²) in [6.07, 6.45) is 0. The van der Waals surface area contributed by atoms with Gasteiger partial charge >= 0.3 is 0 Å². The van der Waals surface area contributed by atoms with Crippen LogP contribution in [0.1, 0.15) is 0 Å². The third kappa shape index (κ3) is 22.8. The molecule has 0 bridgehead atoms. The average Bonchev–Trinajstić information content (AvgIpc) is 1.86. The topological polar surface area (TPSA) is 80.6 Å². The summed E-state index contributed by atoms with van der Waals surface area (Å²) in [5.41, 5.74) is 0. The zero-order valence-corrected chi connectivity index (χ0v) is 7.78. The number of aliphatic hydroxyl groups is 2. The molecule has 0 saturated carbocycles. The second-order valence-corrected chi connectivity index (χ2v) is 3.27. The van der Waals surface area contributed by atoms with Crippen LogP contribution in [0.2, 0.25) is 0 Å². The average molecular weight is 179 g/mol. The number of likely N-dealkylation sites (N-methyl/N-ethyl adjacent to an activating group) is 1. The number of carboxylic acid groups (broad SMARTS) is 1. The first-order valence-electron chi connectivity index (χ1n) is 3.55. The number of carboxylic acids is 1. The van der Waals surface area contributed by atoms with Crippen LogP contribution in [0.5, 0.6) is 0 Å². The molecule has 0 amide bonds. The van der Waals surface area contributed by atoms with Gasteiger partial charge in [0, 0.05) is 0 Å². The van der Waals surface area contributed by atoms with Crippen LogP contribution < -0.4 is 5.11 Å². The maximum Gasteiger partial charge on any atom is 0.101 e. The van der Waals surface area contributed by atoms with E-state index in [0.717, 1.165) is 11.0 Å². The molecule has 0 aromatic rings. The van der Waals surface area contributed by atoms with Crippen molar-refractivity contribution in [2.75, 3.05) is 40.9 Å². The number of hydrogen-bond acceptors (Lipinski definition) is 4. The Balaban J connectivity index is 0. The van der Waals surface area contributed by atoms with Crippen molar-refractivity contribution in [1.29, 1.82) is 0 Å². The Morgan fingerprint density at radius 2 is 1.67 bits per heavy atom. The Bertz CT molecular complexity index is 119. The van der Waals surface area contributed by atoms with Gasteiger partial charge in [-0.25, -0.2) is 0 Å². The van der Waals surface area contributed by atoms with Crippen LogP contribution in [-0.2, 0) is 4.79 Å². The molecule has 2 N–H and O–H groups in total. The molecule has 0 heterocycles. The van der Waals surface area contributed by atoms with Gasteiger partial charge in [0.05, 0.1) is 40.3 Å². The smallest absolute Gasteiger partial charge is 0.101 e. The zero-order valence-electron chi connectivity index (χ0n) is 7.78. The summed E-state index contributed by atoms with van der Waals surface area (Å²) >= 11 is 0. The van der Waals surface area contributed by atoms with Crippen LogP contribution >= 0.6 is 0 Å². The first kappa shape index (κ1) is 13.9. The van der Waals surface area contributed by atoms with Crippen molar-refractivity contribution in [3.63, 3.8) is 0 Å². The molecule has 0 aromatic heterocycles. The molecular formula is C7H17NO4. The van der Waals surface area contributed by atoms with Gasteiger partial charge < -0.3 is 24.6 Å². The van der Waals surface area contributed by atoms with E-state index < -0.39 is 12.6 Å². The molecule has 0 aliphatic carbocycles. The number of carbonyl (C=O) groups is 1. The number of carbonyl (C=O) groups excluding carboxylic acids is 1. The van der Waals surface area contributed by atoms with Crippen LogP contribution in [0.15, 0.2) is 0 Å². The van der Waals surface area contributed by atoms with Crippen LogP contribution in [0, 0.1) is 0 Å². The number of aliphatic hydroxyl groups excluding tert-OH is 2. The largest absolute Gasteiger partial charge is 0.548 e. The van der Waals surface area contributed by atoms with Crippen molar-refractivity contribution < 1.29 is 24.6 Å². The maximum atomic E-state index is 9.01. The van der Waals surface area contributed by atoms with E-state index in [4.69, 9.17) is 20.1 Å². The van der Waals surface area contributed by atoms with Gasteiger partial charge in [0.15, 0.2) is 0 Å². The minimum Gasteiger partial charge on any atom is -0.548 e. The summed E-state index contributed by atoms with van der Waals surface area (Å²) in [6, 6.07) is 0. The highest BCUT2D eigenvalue weighted by Gasteiger charge is 2.02. The molecule has 0 atom stereocenters. The van der Waals surface area contributed by atoms with E-state index >= 15 is 0 Å². The Kier molecular flexibility index (Phi) is 8.14. The molecular weight excluding hydrogens is 162 g/mol. The third-order valence-electron chi connectivity index (χ3n) is 0.900. The first-order valence-corrected chi connectivity index (χ1v) is 3.55. The van der Waals surface area contributed by atoms with Gasteiger partial charge in [-0.3, -0.25) is 0 Å². The van der Waals surface area contributed by atoms with Gasteiger partial charge in [-0.2, -0.15) is 0 Å². The maximum absolute atomic E-state index is 9.01. The van der Waals surface area contributed by atoms with Gasteiger partial charge in [-0.1, -0.05) is 0 Å². The quantitative estimate of drug-likeness (QED) is 0.466. The monoisotopic (exact) mass is 179 g/mol. The summed E-state index contributed by atoms with van der Waals surface area (Å²) in [4.78, 5) is 9.01. The number of rotatable bonds is 3. The summed E-state index contributed by atoms with van der Waals surface area (Å²) in [5, 5.41) is 24.9. The summed E-state index contributed by atoms with van der Waals surface area (Å²) in [7, 11) is 6.16. The summed E-state index contributed by atoms with van der Waals surface area (Å²) in [5.74, 6) is -1.44. The molecule has 0 spiro atoms. The Labute approximate surface area is 72.4 Å². The van der Waals surface area contributed by atoms with Crippen molar-refractivity contribution in [3.05, 3.63) is 0 Å². The molecule has 0 aliphatic rings. The van der Waals surface area contributed by atoms with Crippen LogP contribution in [0.25, 0.3) is 0 Å². The Hall–Kier alpha value is -0.650.